The summed E-state index contributed by atoms with van der Waals surface area (Å²) in [6.45, 7) is 5.39. The van der Waals surface area contributed by atoms with Crippen LogP contribution in [0, 0.1) is 11.8 Å². The van der Waals surface area contributed by atoms with Crippen LogP contribution < -0.4 is 5.32 Å². The topological polar surface area (TPSA) is 52.7 Å². The minimum Gasteiger partial charge on any atom is -0.354 e. The first-order chi connectivity index (χ1) is 9.16. The molecule has 5 nitrogen and oxygen atoms in total. The van der Waals surface area contributed by atoms with Crippen molar-refractivity contribution in [3.8, 4) is 0 Å². The maximum Gasteiger partial charge on any atom is 0.320 e. The second-order valence-electron chi connectivity index (χ2n) is 6.23. The zero-order valence-corrected chi connectivity index (χ0v) is 11.6. The highest BCUT2D eigenvalue weighted by molar-refractivity contribution is 5.84. The number of carbonyl (C=O) groups excluding carboxylic acids is 2. The first-order valence-corrected chi connectivity index (χ1v) is 7.50. The van der Waals surface area contributed by atoms with Crippen LogP contribution in [0.4, 0.5) is 4.79 Å². The van der Waals surface area contributed by atoms with Gasteiger partial charge in [-0.2, -0.15) is 0 Å². The molecule has 0 spiro atoms. The van der Waals surface area contributed by atoms with Gasteiger partial charge in [-0.25, -0.2) is 4.79 Å². The summed E-state index contributed by atoms with van der Waals surface area (Å²) in [5.41, 5.74) is 0. The van der Waals surface area contributed by atoms with E-state index in [2.05, 4.69) is 12.2 Å². The Morgan fingerprint density at radius 2 is 2.05 bits per heavy atom. The molecule has 0 aromatic carbocycles. The first kappa shape index (κ1) is 12.8. The van der Waals surface area contributed by atoms with E-state index in [1.165, 1.54) is 6.42 Å². The van der Waals surface area contributed by atoms with Gasteiger partial charge in [-0.1, -0.05) is 6.92 Å². The van der Waals surface area contributed by atoms with Gasteiger partial charge in [0.25, 0.3) is 0 Å². The lowest BCUT2D eigenvalue weighted by Crippen LogP contribution is -2.55. The van der Waals surface area contributed by atoms with Crippen LogP contribution in [0.25, 0.3) is 0 Å². The van der Waals surface area contributed by atoms with Crippen molar-refractivity contribution in [3.05, 3.63) is 0 Å². The molecule has 5 heteroatoms. The summed E-state index contributed by atoms with van der Waals surface area (Å²) in [5.74, 6) is 0.760. The minimum atomic E-state index is 0.0277. The number of nitrogens with one attached hydrogen (secondary N) is 1. The van der Waals surface area contributed by atoms with E-state index >= 15 is 0 Å². The number of fused-ring (bicyclic) bond motifs is 1. The van der Waals surface area contributed by atoms with E-state index < -0.39 is 0 Å². The van der Waals surface area contributed by atoms with E-state index in [0.717, 1.165) is 38.9 Å². The molecular weight excluding hydrogens is 242 g/mol. The maximum absolute atomic E-state index is 12.7. The van der Waals surface area contributed by atoms with Crippen molar-refractivity contribution in [1.29, 1.82) is 0 Å². The number of piperidine rings is 2. The predicted molar refractivity (Wildman–Crippen MR) is 71.6 cm³/mol. The fraction of sp³-hybridized carbons (Fsp3) is 0.857. The maximum atomic E-state index is 12.7. The number of hydrogen-bond donors (Lipinski definition) is 1. The molecule has 3 saturated heterocycles. The van der Waals surface area contributed by atoms with Crippen LogP contribution in [-0.2, 0) is 4.79 Å². The van der Waals surface area contributed by atoms with Gasteiger partial charge < -0.3 is 15.1 Å². The Labute approximate surface area is 114 Å². The molecule has 3 aliphatic heterocycles. The highest BCUT2D eigenvalue weighted by Crippen LogP contribution is 2.29. The van der Waals surface area contributed by atoms with Crippen LogP contribution in [-0.4, -0.2) is 54.0 Å². The molecule has 3 aliphatic rings. The van der Waals surface area contributed by atoms with E-state index in [0.29, 0.717) is 12.5 Å². The van der Waals surface area contributed by atoms with Gasteiger partial charge in [0.05, 0.1) is 12.0 Å². The Balaban J connectivity index is 1.70. The van der Waals surface area contributed by atoms with Crippen molar-refractivity contribution in [2.45, 2.75) is 38.6 Å². The number of nitrogens with zero attached hydrogens (tertiary/aromatic N) is 2. The highest BCUT2D eigenvalue weighted by Gasteiger charge is 2.43. The highest BCUT2D eigenvalue weighted by atomic mass is 16.2. The molecule has 0 aromatic heterocycles. The molecule has 3 rings (SSSR count). The number of urea groups is 1. The molecule has 3 heterocycles. The summed E-state index contributed by atoms with van der Waals surface area (Å²) in [6, 6.07) is 0.240. The third kappa shape index (κ3) is 2.30. The number of hydrogen-bond acceptors (Lipinski definition) is 2. The molecule has 0 aliphatic carbocycles. The monoisotopic (exact) mass is 265 g/mol. The van der Waals surface area contributed by atoms with Crippen molar-refractivity contribution in [1.82, 2.24) is 15.1 Å². The third-order valence-corrected chi connectivity index (χ3v) is 4.77. The van der Waals surface area contributed by atoms with Crippen LogP contribution in [0.3, 0.4) is 0 Å². The van der Waals surface area contributed by atoms with Crippen molar-refractivity contribution >= 4 is 11.9 Å². The Hall–Kier alpha value is -1.26. The average Bonchev–Trinajstić information content (AvgIpc) is 2.80. The normalized spacial score (nSPS) is 35.0. The fourth-order valence-electron chi connectivity index (χ4n) is 3.73. The molecule has 19 heavy (non-hydrogen) atoms. The standard InChI is InChI=1S/C14H23N3O2/c1-10-4-2-6-16(9-10)14(19)17-7-3-5-11-12(17)8-15-13(11)18/h10-12H,2-9H2,1H3,(H,15,18). The fourth-order valence-corrected chi connectivity index (χ4v) is 3.73. The van der Waals surface area contributed by atoms with Crippen LogP contribution in [0.2, 0.25) is 0 Å². The molecule has 3 fully saturated rings. The molecule has 3 amide bonds. The summed E-state index contributed by atoms with van der Waals surface area (Å²) in [6.07, 6.45) is 4.20. The van der Waals surface area contributed by atoms with Gasteiger partial charge in [0.2, 0.25) is 5.91 Å². The summed E-state index contributed by atoms with van der Waals surface area (Å²) in [5, 5.41) is 2.91. The van der Waals surface area contributed by atoms with Crippen molar-refractivity contribution in [2.75, 3.05) is 26.2 Å². The van der Waals surface area contributed by atoms with Gasteiger partial charge in [-0.3, -0.25) is 4.79 Å². The van der Waals surface area contributed by atoms with Crippen LogP contribution in [0.1, 0.15) is 32.6 Å². The van der Waals surface area contributed by atoms with E-state index in [-0.39, 0.29) is 23.9 Å². The molecule has 0 bridgehead atoms. The van der Waals surface area contributed by atoms with E-state index in [9.17, 15) is 9.59 Å². The number of likely N-dealkylation sites (tertiary alicyclic amines) is 2. The van der Waals surface area contributed by atoms with E-state index in [1.807, 2.05) is 9.80 Å². The lowest BCUT2D eigenvalue weighted by Gasteiger charge is -2.41. The number of rotatable bonds is 0. The largest absolute Gasteiger partial charge is 0.354 e. The predicted octanol–water partition coefficient (Wildman–Crippen LogP) is 1.05. The van der Waals surface area contributed by atoms with Crippen LogP contribution >= 0.6 is 0 Å². The average molecular weight is 265 g/mol. The zero-order valence-electron chi connectivity index (χ0n) is 11.6. The second-order valence-corrected chi connectivity index (χ2v) is 6.23. The van der Waals surface area contributed by atoms with E-state index in [4.69, 9.17) is 0 Å². The molecule has 1 N–H and O–H groups in total. The van der Waals surface area contributed by atoms with Gasteiger partial charge in [-0.05, 0) is 31.6 Å². The van der Waals surface area contributed by atoms with E-state index in [1.54, 1.807) is 0 Å². The Morgan fingerprint density at radius 3 is 2.84 bits per heavy atom. The van der Waals surface area contributed by atoms with Gasteiger partial charge in [0, 0.05) is 26.2 Å². The summed E-state index contributed by atoms with van der Waals surface area (Å²) >= 11 is 0. The van der Waals surface area contributed by atoms with Crippen molar-refractivity contribution in [2.24, 2.45) is 11.8 Å². The van der Waals surface area contributed by atoms with Crippen LogP contribution in [0.15, 0.2) is 0 Å². The molecular formula is C14H23N3O2. The molecule has 0 radical (unpaired) electrons. The van der Waals surface area contributed by atoms with Gasteiger partial charge >= 0.3 is 6.03 Å². The third-order valence-electron chi connectivity index (χ3n) is 4.77. The molecule has 0 aromatic rings. The quantitative estimate of drug-likeness (QED) is 0.712. The Morgan fingerprint density at radius 1 is 1.26 bits per heavy atom. The molecule has 3 unspecified atom stereocenters. The smallest absolute Gasteiger partial charge is 0.320 e. The van der Waals surface area contributed by atoms with Crippen molar-refractivity contribution in [3.63, 3.8) is 0 Å². The number of amides is 3. The molecule has 0 saturated carbocycles. The second kappa shape index (κ2) is 5.02. The van der Waals surface area contributed by atoms with Gasteiger partial charge in [0.1, 0.15) is 0 Å². The number of carbonyl (C=O) groups is 2. The Bertz CT molecular complexity index is 385. The summed E-state index contributed by atoms with van der Waals surface area (Å²) in [4.78, 5) is 28.3. The zero-order chi connectivity index (χ0) is 13.4. The van der Waals surface area contributed by atoms with Gasteiger partial charge in [0.15, 0.2) is 0 Å². The summed E-state index contributed by atoms with van der Waals surface area (Å²) in [7, 11) is 0. The molecule has 3 atom stereocenters. The van der Waals surface area contributed by atoms with Gasteiger partial charge in [-0.15, -0.1) is 0 Å². The molecule has 106 valence electrons. The minimum absolute atomic E-state index is 0.0277. The van der Waals surface area contributed by atoms with Crippen LogP contribution in [0.5, 0.6) is 0 Å². The Kier molecular flexibility index (Phi) is 3.37. The van der Waals surface area contributed by atoms with Crippen molar-refractivity contribution < 1.29 is 9.59 Å². The first-order valence-electron chi connectivity index (χ1n) is 7.50. The lowest BCUT2D eigenvalue weighted by atomic mass is 9.91. The lowest BCUT2D eigenvalue weighted by molar-refractivity contribution is -0.123. The SMILES string of the molecule is CC1CCCN(C(=O)N2CCCC3C(=O)NCC32)C1. The summed E-state index contributed by atoms with van der Waals surface area (Å²) < 4.78 is 0.